The van der Waals surface area contributed by atoms with Crippen molar-refractivity contribution in [2.24, 2.45) is 5.73 Å². The number of rotatable bonds is 4. The van der Waals surface area contributed by atoms with Crippen molar-refractivity contribution in [1.29, 1.82) is 0 Å². The Kier molecular flexibility index (Phi) is 4.43. The fraction of sp³-hybridized carbons (Fsp3) is 0.444. The fourth-order valence-corrected chi connectivity index (χ4v) is 2.92. The molecule has 1 aliphatic heterocycles. The zero-order valence-electron chi connectivity index (χ0n) is 14.3. The number of carbonyl (C=O) groups is 1. The number of fused-ring (bicyclic) bond motifs is 1. The van der Waals surface area contributed by atoms with Crippen LogP contribution in [0.3, 0.4) is 0 Å². The van der Waals surface area contributed by atoms with Crippen LogP contribution in [0.4, 0.5) is 0 Å². The van der Waals surface area contributed by atoms with E-state index >= 15 is 0 Å². The lowest BCUT2D eigenvalue weighted by molar-refractivity contribution is -0.136. The van der Waals surface area contributed by atoms with Crippen LogP contribution in [0.25, 0.3) is 0 Å². The molecule has 1 aromatic carbocycles. The van der Waals surface area contributed by atoms with Crippen LogP contribution in [0.5, 0.6) is 0 Å². The highest BCUT2D eigenvalue weighted by Crippen LogP contribution is 2.29. The minimum atomic E-state index is -0.886. The quantitative estimate of drug-likeness (QED) is 0.928. The lowest BCUT2D eigenvalue weighted by Gasteiger charge is -2.31. The molecule has 0 saturated heterocycles. The molecule has 1 amide bonds. The van der Waals surface area contributed by atoms with E-state index in [1.54, 1.807) is 25.9 Å². The van der Waals surface area contributed by atoms with Gasteiger partial charge in [0, 0.05) is 20.1 Å². The molecule has 0 aliphatic carbocycles. The van der Waals surface area contributed by atoms with Crippen LogP contribution in [0, 0.1) is 0 Å². The maximum Gasteiger partial charge on any atom is 0.242 e. The zero-order valence-corrected chi connectivity index (χ0v) is 14.3. The van der Waals surface area contributed by atoms with Crippen molar-refractivity contribution in [1.82, 2.24) is 9.88 Å². The van der Waals surface area contributed by atoms with Crippen molar-refractivity contribution in [2.75, 3.05) is 13.7 Å². The van der Waals surface area contributed by atoms with Gasteiger partial charge in [-0.3, -0.25) is 4.79 Å². The Balaban J connectivity index is 1.84. The Hall–Kier alpha value is -2.18. The van der Waals surface area contributed by atoms with E-state index in [-0.39, 0.29) is 12.0 Å². The number of carbonyl (C=O) groups excluding carboxylic acids is 1. The molecule has 0 fully saturated rings. The van der Waals surface area contributed by atoms with Crippen molar-refractivity contribution < 1.29 is 13.9 Å². The highest BCUT2D eigenvalue weighted by molar-refractivity contribution is 5.85. The minimum absolute atomic E-state index is 0.0796. The van der Waals surface area contributed by atoms with Gasteiger partial charge in [0.2, 0.25) is 11.8 Å². The third-order valence-corrected chi connectivity index (χ3v) is 4.14. The number of nitrogens with zero attached hydrogens (tertiary/aromatic N) is 2. The lowest BCUT2D eigenvalue weighted by atomic mass is 10.0. The molecule has 2 N–H and O–H groups in total. The average molecular weight is 329 g/mol. The van der Waals surface area contributed by atoms with Gasteiger partial charge in [-0.05, 0) is 19.4 Å². The molecule has 0 bridgehead atoms. The summed E-state index contributed by atoms with van der Waals surface area (Å²) < 4.78 is 11.5. The van der Waals surface area contributed by atoms with E-state index in [4.69, 9.17) is 14.9 Å². The monoisotopic (exact) mass is 329 g/mol. The van der Waals surface area contributed by atoms with Gasteiger partial charge in [-0.15, -0.1) is 0 Å². The van der Waals surface area contributed by atoms with E-state index in [0.717, 1.165) is 17.0 Å². The number of aromatic nitrogens is 1. The van der Waals surface area contributed by atoms with Crippen LogP contribution in [-0.2, 0) is 22.5 Å². The van der Waals surface area contributed by atoms with Crippen molar-refractivity contribution in [3.05, 3.63) is 53.2 Å². The van der Waals surface area contributed by atoms with Gasteiger partial charge in [0.05, 0.1) is 12.1 Å². The first-order valence-corrected chi connectivity index (χ1v) is 8.04. The van der Waals surface area contributed by atoms with Crippen LogP contribution in [0.2, 0.25) is 0 Å². The number of benzene rings is 1. The largest absolute Gasteiger partial charge is 0.442 e. The summed E-state index contributed by atoms with van der Waals surface area (Å²) in [5, 5.41) is 0. The van der Waals surface area contributed by atoms with Crippen molar-refractivity contribution in [3.8, 4) is 0 Å². The zero-order chi connectivity index (χ0) is 17.3. The molecule has 6 nitrogen and oxygen atoms in total. The van der Waals surface area contributed by atoms with Crippen molar-refractivity contribution in [3.63, 3.8) is 0 Å². The van der Waals surface area contributed by atoms with E-state index < -0.39 is 5.54 Å². The molecule has 0 radical (unpaired) electrons. The highest BCUT2D eigenvalue weighted by Gasteiger charge is 2.33. The van der Waals surface area contributed by atoms with Gasteiger partial charge in [0.15, 0.2) is 6.10 Å². The van der Waals surface area contributed by atoms with E-state index in [1.807, 2.05) is 30.3 Å². The lowest BCUT2D eigenvalue weighted by Crippen LogP contribution is -2.52. The third kappa shape index (κ3) is 3.20. The number of ether oxygens (including phenoxy) is 1. The van der Waals surface area contributed by atoms with Crippen molar-refractivity contribution in [2.45, 2.75) is 38.5 Å². The second-order valence-corrected chi connectivity index (χ2v) is 6.65. The third-order valence-electron chi connectivity index (χ3n) is 4.14. The van der Waals surface area contributed by atoms with Crippen LogP contribution >= 0.6 is 0 Å². The second kappa shape index (κ2) is 6.37. The van der Waals surface area contributed by atoms with E-state index in [2.05, 4.69) is 4.98 Å². The predicted octanol–water partition coefficient (Wildman–Crippen LogP) is 2.03. The molecule has 128 valence electrons. The summed E-state index contributed by atoms with van der Waals surface area (Å²) in [4.78, 5) is 18.7. The molecule has 1 aromatic heterocycles. The molecule has 3 rings (SSSR count). The van der Waals surface area contributed by atoms with Gasteiger partial charge in [-0.2, -0.15) is 0 Å². The summed E-state index contributed by atoms with van der Waals surface area (Å²) in [5.74, 6) is 1.26. The standard InChI is InChI=1S/C18H23N3O3/c1-18(2,19)17(22)21-10-9-14-13(11-21)20-16(24-14)15(23-3)12-7-5-4-6-8-12/h4-8,15H,9-11,19H2,1-3H3. The average Bonchev–Trinajstić information content (AvgIpc) is 2.97. The molecular formula is C18H23N3O3. The predicted molar refractivity (Wildman–Crippen MR) is 89.2 cm³/mol. The topological polar surface area (TPSA) is 81.6 Å². The van der Waals surface area contributed by atoms with Gasteiger partial charge >= 0.3 is 0 Å². The van der Waals surface area contributed by atoms with Gasteiger partial charge < -0.3 is 19.8 Å². The molecule has 1 aliphatic rings. The summed E-state index contributed by atoms with van der Waals surface area (Å²) in [6.45, 7) is 4.44. The molecule has 2 heterocycles. The highest BCUT2D eigenvalue weighted by atomic mass is 16.5. The van der Waals surface area contributed by atoms with Gasteiger partial charge in [0.25, 0.3) is 0 Å². The van der Waals surface area contributed by atoms with Gasteiger partial charge in [0.1, 0.15) is 11.5 Å². The molecule has 1 atom stereocenters. The van der Waals surface area contributed by atoms with Gasteiger partial charge in [-0.25, -0.2) is 4.98 Å². The van der Waals surface area contributed by atoms with E-state index in [9.17, 15) is 4.79 Å². The number of nitrogens with two attached hydrogens (primary N) is 1. The summed E-state index contributed by atoms with van der Waals surface area (Å²) in [6.07, 6.45) is 0.280. The number of oxazole rings is 1. The smallest absolute Gasteiger partial charge is 0.242 e. The van der Waals surface area contributed by atoms with Crippen LogP contribution in [-0.4, -0.2) is 35.0 Å². The van der Waals surface area contributed by atoms with Crippen LogP contribution in [0.1, 0.15) is 42.9 Å². The number of amides is 1. The Bertz CT molecular complexity index is 719. The Morgan fingerprint density at radius 2 is 2.08 bits per heavy atom. The normalized spacial score (nSPS) is 15.9. The molecule has 1 unspecified atom stereocenters. The number of hydrogen-bond acceptors (Lipinski definition) is 5. The first kappa shape index (κ1) is 16.7. The molecule has 24 heavy (non-hydrogen) atoms. The van der Waals surface area contributed by atoms with Crippen LogP contribution in [0.15, 0.2) is 34.7 Å². The number of methoxy groups -OCH3 is 1. The van der Waals surface area contributed by atoms with E-state index in [0.29, 0.717) is 25.4 Å². The first-order valence-electron chi connectivity index (χ1n) is 8.04. The summed E-state index contributed by atoms with van der Waals surface area (Å²) in [6, 6.07) is 9.81. The summed E-state index contributed by atoms with van der Waals surface area (Å²) in [7, 11) is 1.63. The molecule has 0 spiro atoms. The molecule has 2 aromatic rings. The van der Waals surface area contributed by atoms with Crippen LogP contribution < -0.4 is 5.73 Å². The Morgan fingerprint density at radius 3 is 2.71 bits per heavy atom. The number of hydrogen-bond donors (Lipinski definition) is 1. The maximum atomic E-state index is 12.4. The summed E-state index contributed by atoms with van der Waals surface area (Å²) in [5.41, 5.74) is 6.81. The first-order chi connectivity index (χ1) is 11.4. The Morgan fingerprint density at radius 1 is 1.38 bits per heavy atom. The maximum absolute atomic E-state index is 12.4. The van der Waals surface area contributed by atoms with E-state index in [1.165, 1.54) is 0 Å². The second-order valence-electron chi connectivity index (χ2n) is 6.65. The molecular weight excluding hydrogens is 306 g/mol. The van der Waals surface area contributed by atoms with Crippen molar-refractivity contribution >= 4 is 5.91 Å². The van der Waals surface area contributed by atoms with Gasteiger partial charge in [-0.1, -0.05) is 30.3 Å². The Labute approximate surface area is 141 Å². The molecule has 6 heteroatoms. The summed E-state index contributed by atoms with van der Waals surface area (Å²) >= 11 is 0. The fourth-order valence-electron chi connectivity index (χ4n) is 2.92. The minimum Gasteiger partial charge on any atom is -0.442 e. The molecule has 0 saturated carbocycles. The SMILES string of the molecule is COC(c1ccccc1)c1nc2c(o1)CCN(C(=O)C(C)(C)N)C2.